The van der Waals surface area contributed by atoms with Gasteiger partial charge in [-0.25, -0.2) is 8.42 Å². The van der Waals surface area contributed by atoms with Gasteiger partial charge in [-0.2, -0.15) is 0 Å². The van der Waals surface area contributed by atoms with Crippen molar-refractivity contribution in [3.05, 3.63) is 54.1 Å². The molecule has 1 amide bonds. The Kier molecular flexibility index (Phi) is 7.02. The molecular weight excluding hydrogens is 398 g/mol. The van der Waals surface area contributed by atoms with Gasteiger partial charge in [-0.05, 0) is 67.1 Å². The highest BCUT2D eigenvalue weighted by atomic mass is 32.2. The van der Waals surface area contributed by atoms with Crippen LogP contribution in [0.3, 0.4) is 0 Å². The summed E-state index contributed by atoms with van der Waals surface area (Å²) in [5, 5.41) is 2.81. The zero-order valence-electron chi connectivity index (χ0n) is 18.0. The number of hydrogen-bond acceptors (Lipinski definition) is 4. The maximum atomic E-state index is 12.6. The van der Waals surface area contributed by atoms with E-state index in [1.165, 1.54) is 19.3 Å². The van der Waals surface area contributed by atoms with Gasteiger partial charge in [0, 0.05) is 24.5 Å². The van der Waals surface area contributed by atoms with Crippen molar-refractivity contribution in [1.29, 1.82) is 0 Å². The smallest absolute Gasteiger partial charge is 0.245 e. The van der Waals surface area contributed by atoms with E-state index >= 15 is 0 Å². The van der Waals surface area contributed by atoms with E-state index in [4.69, 9.17) is 0 Å². The molecule has 0 saturated carbocycles. The molecule has 30 heavy (non-hydrogen) atoms. The minimum Gasteiger partial charge on any atom is -0.372 e. The molecule has 0 aliphatic carbocycles. The summed E-state index contributed by atoms with van der Waals surface area (Å²) in [6.45, 7) is 6.00. The van der Waals surface area contributed by atoms with E-state index < -0.39 is 10.0 Å². The van der Waals surface area contributed by atoms with Gasteiger partial charge in [0.05, 0.1) is 11.9 Å². The van der Waals surface area contributed by atoms with Gasteiger partial charge in [-0.15, -0.1) is 0 Å². The van der Waals surface area contributed by atoms with Crippen LogP contribution in [0.5, 0.6) is 0 Å². The quantitative estimate of drug-likeness (QED) is 0.716. The van der Waals surface area contributed by atoms with E-state index in [-0.39, 0.29) is 12.5 Å². The highest BCUT2D eigenvalue weighted by molar-refractivity contribution is 7.92. The molecule has 0 aromatic heterocycles. The van der Waals surface area contributed by atoms with Crippen LogP contribution in [0.25, 0.3) is 0 Å². The summed E-state index contributed by atoms with van der Waals surface area (Å²) in [5.41, 5.74) is 3.41. The van der Waals surface area contributed by atoms with Crippen molar-refractivity contribution in [1.82, 2.24) is 0 Å². The SMILES string of the molecule is CC(C)c1ccc(N(CC(=O)Nc2ccc(N3CCCCC3)cc2)S(C)(=O)=O)cc1. The van der Waals surface area contributed by atoms with Gasteiger partial charge < -0.3 is 10.2 Å². The monoisotopic (exact) mass is 429 g/mol. The molecule has 2 aromatic carbocycles. The Balaban J connectivity index is 1.67. The molecule has 6 nitrogen and oxygen atoms in total. The molecule has 7 heteroatoms. The fraction of sp³-hybridized carbons (Fsp3) is 0.435. The van der Waals surface area contributed by atoms with E-state index in [1.807, 2.05) is 36.4 Å². The molecular formula is C23H31N3O3S. The molecule has 1 saturated heterocycles. The highest BCUT2D eigenvalue weighted by Crippen LogP contribution is 2.23. The number of nitrogens with zero attached hydrogens (tertiary/aromatic N) is 2. The number of benzene rings is 2. The Hall–Kier alpha value is -2.54. The summed E-state index contributed by atoms with van der Waals surface area (Å²) in [6.07, 6.45) is 4.81. The van der Waals surface area contributed by atoms with Crippen LogP contribution in [0.15, 0.2) is 48.5 Å². The minimum atomic E-state index is -3.59. The zero-order chi connectivity index (χ0) is 21.7. The summed E-state index contributed by atoms with van der Waals surface area (Å²) in [4.78, 5) is 14.9. The van der Waals surface area contributed by atoms with Gasteiger partial charge in [0.25, 0.3) is 0 Å². The molecule has 0 bridgehead atoms. The van der Waals surface area contributed by atoms with Crippen molar-refractivity contribution in [2.75, 3.05) is 40.4 Å². The summed E-state index contributed by atoms with van der Waals surface area (Å²) in [7, 11) is -3.59. The van der Waals surface area contributed by atoms with E-state index in [2.05, 4.69) is 24.1 Å². The molecule has 1 fully saturated rings. The number of hydrogen-bond donors (Lipinski definition) is 1. The van der Waals surface area contributed by atoms with Crippen LogP contribution in [-0.4, -0.2) is 40.2 Å². The second kappa shape index (κ2) is 9.51. The van der Waals surface area contributed by atoms with E-state index in [9.17, 15) is 13.2 Å². The van der Waals surface area contributed by atoms with Gasteiger partial charge in [-0.1, -0.05) is 26.0 Å². The fourth-order valence-electron chi connectivity index (χ4n) is 3.66. The Labute approximate surface area is 179 Å². The number of amides is 1. The third-order valence-corrected chi connectivity index (χ3v) is 6.55. The Bertz CT molecular complexity index is 948. The maximum Gasteiger partial charge on any atom is 0.245 e. The highest BCUT2D eigenvalue weighted by Gasteiger charge is 2.21. The molecule has 1 aliphatic heterocycles. The van der Waals surface area contributed by atoms with Crippen molar-refractivity contribution in [3.63, 3.8) is 0 Å². The molecule has 162 valence electrons. The molecule has 2 aromatic rings. The average Bonchev–Trinajstić information content (AvgIpc) is 2.72. The van der Waals surface area contributed by atoms with Crippen molar-refractivity contribution < 1.29 is 13.2 Å². The Morgan fingerprint density at radius 3 is 2.13 bits per heavy atom. The fourth-order valence-corrected chi connectivity index (χ4v) is 4.52. The second-order valence-electron chi connectivity index (χ2n) is 8.16. The molecule has 1 heterocycles. The number of anilines is 3. The first-order valence-electron chi connectivity index (χ1n) is 10.5. The van der Waals surface area contributed by atoms with E-state index in [0.29, 0.717) is 17.3 Å². The lowest BCUT2D eigenvalue weighted by Gasteiger charge is -2.29. The standard InChI is InChI=1S/C23H31N3O3S/c1-18(2)19-7-11-22(12-8-19)26(30(3,28)29)17-23(27)24-20-9-13-21(14-10-20)25-15-5-4-6-16-25/h7-14,18H,4-6,15-17H2,1-3H3,(H,24,27). The largest absolute Gasteiger partial charge is 0.372 e. The maximum absolute atomic E-state index is 12.6. The van der Waals surface area contributed by atoms with E-state index in [1.54, 1.807) is 12.1 Å². The van der Waals surface area contributed by atoms with Crippen molar-refractivity contribution in [2.45, 2.75) is 39.0 Å². The average molecular weight is 430 g/mol. The van der Waals surface area contributed by atoms with Crippen molar-refractivity contribution in [2.24, 2.45) is 0 Å². The van der Waals surface area contributed by atoms with Crippen LogP contribution in [-0.2, 0) is 14.8 Å². The van der Waals surface area contributed by atoms with Crippen molar-refractivity contribution >= 4 is 33.0 Å². The molecule has 0 radical (unpaired) electrons. The zero-order valence-corrected chi connectivity index (χ0v) is 18.8. The van der Waals surface area contributed by atoms with Gasteiger partial charge in [-0.3, -0.25) is 9.10 Å². The predicted molar refractivity (Wildman–Crippen MR) is 124 cm³/mol. The second-order valence-corrected chi connectivity index (χ2v) is 10.1. The number of nitrogens with one attached hydrogen (secondary N) is 1. The first-order chi connectivity index (χ1) is 14.2. The molecule has 1 aliphatic rings. The van der Waals surface area contributed by atoms with Gasteiger partial charge in [0.1, 0.15) is 6.54 Å². The third-order valence-electron chi connectivity index (χ3n) is 5.41. The Morgan fingerprint density at radius 2 is 1.60 bits per heavy atom. The van der Waals surface area contributed by atoms with Gasteiger partial charge in [0.15, 0.2) is 0 Å². The summed E-state index contributed by atoms with van der Waals surface area (Å²) < 4.78 is 25.7. The number of piperidine rings is 1. The Morgan fingerprint density at radius 1 is 1.00 bits per heavy atom. The molecule has 0 spiro atoms. The van der Waals surface area contributed by atoms with E-state index in [0.717, 1.165) is 34.9 Å². The first-order valence-corrected chi connectivity index (χ1v) is 12.3. The van der Waals surface area contributed by atoms with Crippen LogP contribution in [0, 0.1) is 0 Å². The molecule has 1 N–H and O–H groups in total. The van der Waals surface area contributed by atoms with Gasteiger partial charge in [0.2, 0.25) is 15.9 Å². The third kappa shape index (κ3) is 5.75. The molecule has 3 rings (SSSR count). The lowest BCUT2D eigenvalue weighted by atomic mass is 10.0. The van der Waals surface area contributed by atoms with Crippen LogP contribution >= 0.6 is 0 Å². The summed E-state index contributed by atoms with van der Waals surface area (Å²) in [6, 6.07) is 15.0. The lowest BCUT2D eigenvalue weighted by Crippen LogP contribution is -2.37. The normalized spacial score (nSPS) is 14.6. The predicted octanol–water partition coefficient (Wildman–Crippen LogP) is 4.21. The van der Waals surface area contributed by atoms with Crippen molar-refractivity contribution in [3.8, 4) is 0 Å². The summed E-state index contributed by atoms with van der Waals surface area (Å²) in [5.74, 6) is -0.0268. The number of sulfonamides is 1. The van der Waals surface area contributed by atoms with Crippen LogP contribution < -0.4 is 14.5 Å². The number of carbonyl (C=O) groups is 1. The van der Waals surface area contributed by atoms with Crippen LogP contribution in [0.2, 0.25) is 0 Å². The molecule has 0 unspecified atom stereocenters. The lowest BCUT2D eigenvalue weighted by molar-refractivity contribution is -0.114. The first kappa shape index (κ1) is 22.2. The minimum absolute atomic E-state index is 0.270. The topological polar surface area (TPSA) is 69.7 Å². The number of rotatable bonds is 7. The van der Waals surface area contributed by atoms with Crippen LogP contribution in [0.4, 0.5) is 17.1 Å². The summed E-state index contributed by atoms with van der Waals surface area (Å²) >= 11 is 0. The van der Waals surface area contributed by atoms with Crippen LogP contribution in [0.1, 0.15) is 44.6 Å². The van der Waals surface area contributed by atoms with Gasteiger partial charge >= 0.3 is 0 Å². The molecule has 0 atom stereocenters. The number of carbonyl (C=O) groups excluding carboxylic acids is 1.